The molecule has 2 rings (SSSR count). The number of hydrogen-bond donors (Lipinski definition) is 2. The van der Waals surface area contributed by atoms with Crippen LogP contribution in [0.15, 0.2) is 24.3 Å². The fourth-order valence-electron chi connectivity index (χ4n) is 1.83. The van der Waals surface area contributed by atoms with E-state index in [1.807, 2.05) is 0 Å². The van der Waals surface area contributed by atoms with E-state index in [1.165, 1.54) is 24.3 Å². The van der Waals surface area contributed by atoms with Crippen LogP contribution in [0.4, 0.5) is 4.39 Å². The first-order valence-corrected chi connectivity index (χ1v) is 5.50. The van der Waals surface area contributed by atoms with Gasteiger partial charge in [-0.3, -0.25) is 4.79 Å². The van der Waals surface area contributed by atoms with Crippen molar-refractivity contribution in [3.05, 3.63) is 35.6 Å². The Balaban J connectivity index is 1.85. The highest BCUT2D eigenvalue weighted by Crippen LogP contribution is 2.07. The van der Waals surface area contributed by atoms with Crippen LogP contribution >= 0.6 is 0 Å². The Bertz CT molecular complexity index is 358. The number of carbonyl (C=O) groups is 1. The summed E-state index contributed by atoms with van der Waals surface area (Å²) in [5, 5.41) is 6.10. The molecule has 86 valence electrons. The smallest absolute Gasteiger partial charge is 0.251 e. The molecule has 1 amide bonds. The van der Waals surface area contributed by atoms with Gasteiger partial charge in [-0.15, -0.1) is 0 Å². The highest BCUT2D eigenvalue weighted by molar-refractivity contribution is 5.94. The van der Waals surface area contributed by atoms with Crippen molar-refractivity contribution in [1.82, 2.24) is 10.6 Å². The molecule has 1 aliphatic heterocycles. The van der Waals surface area contributed by atoms with Gasteiger partial charge in [-0.05, 0) is 49.7 Å². The van der Waals surface area contributed by atoms with E-state index in [9.17, 15) is 9.18 Å². The predicted octanol–water partition coefficient (Wildman–Crippen LogP) is 1.17. The summed E-state index contributed by atoms with van der Waals surface area (Å²) >= 11 is 0. The van der Waals surface area contributed by atoms with Crippen LogP contribution in [0, 0.1) is 11.7 Å². The second-order valence-electron chi connectivity index (χ2n) is 4.08. The first-order chi connectivity index (χ1) is 7.75. The van der Waals surface area contributed by atoms with E-state index in [0.717, 1.165) is 19.5 Å². The molecule has 1 aliphatic rings. The highest BCUT2D eigenvalue weighted by atomic mass is 19.1. The van der Waals surface area contributed by atoms with E-state index in [0.29, 0.717) is 18.0 Å². The fourth-order valence-corrected chi connectivity index (χ4v) is 1.83. The number of benzene rings is 1. The van der Waals surface area contributed by atoms with Crippen LogP contribution in [0.25, 0.3) is 0 Å². The summed E-state index contributed by atoms with van der Waals surface area (Å²) in [5.41, 5.74) is 0.507. The van der Waals surface area contributed by atoms with Crippen molar-refractivity contribution in [1.29, 1.82) is 0 Å². The first kappa shape index (κ1) is 11.1. The molecule has 0 bridgehead atoms. The Kier molecular flexibility index (Phi) is 3.51. The lowest BCUT2D eigenvalue weighted by molar-refractivity contribution is 0.0948. The van der Waals surface area contributed by atoms with Crippen molar-refractivity contribution in [2.75, 3.05) is 19.6 Å². The minimum Gasteiger partial charge on any atom is -0.352 e. The summed E-state index contributed by atoms with van der Waals surface area (Å²) in [7, 11) is 0. The number of amides is 1. The molecule has 1 unspecified atom stereocenters. The second-order valence-corrected chi connectivity index (χ2v) is 4.08. The molecule has 2 N–H and O–H groups in total. The molecule has 1 fully saturated rings. The minimum absolute atomic E-state index is 0.132. The molecule has 16 heavy (non-hydrogen) atoms. The Morgan fingerprint density at radius 3 is 2.81 bits per heavy atom. The lowest BCUT2D eigenvalue weighted by Crippen LogP contribution is -2.30. The molecule has 4 heteroatoms. The largest absolute Gasteiger partial charge is 0.352 e. The number of nitrogens with one attached hydrogen (secondary N) is 2. The summed E-state index contributed by atoms with van der Waals surface area (Å²) in [6.07, 6.45) is 1.10. The third kappa shape index (κ3) is 2.79. The van der Waals surface area contributed by atoms with Gasteiger partial charge in [0, 0.05) is 12.1 Å². The van der Waals surface area contributed by atoms with E-state index < -0.39 is 0 Å². The van der Waals surface area contributed by atoms with Gasteiger partial charge < -0.3 is 10.6 Å². The van der Waals surface area contributed by atoms with Crippen LogP contribution in [-0.4, -0.2) is 25.5 Å². The summed E-state index contributed by atoms with van der Waals surface area (Å²) in [5.74, 6) is 0.0628. The molecule has 1 aromatic carbocycles. The fraction of sp³-hybridized carbons (Fsp3) is 0.417. The van der Waals surface area contributed by atoms with Gasteiger partial charge in [-0.2, -0.15) is 0 Å². The van der Waals surface area contributed by atoms with Gasteiger partial charge in [0.25, 0.3) is 5.91 Å². The molecule has 3 nitrogen and oxygen atoms in total. The third-order valence-corrected chi connectivity index (χ3v) is 2.82. The topological polar surface area (TPSA) is 41.1 Å². The summed E-state index contributed by atoms with van der Waals surface area (Å²) < 4.78 is 12.6. The number of rotatable bonds is 3. The zero-order chi connectivity index (χ0) is 11.4. The molecule has 0 radical (unpaired) electrons. The maximum atomic E-state index is 12.6. The van der Waals surface area contributed by atoms with Gasteiger partial charge in [-0.1, -0.05) is 0 Å². The molecule has 0 aromatic heterocycles. The van der Waals surface area contributed by atoms with Gasteiger partial charge in [0.2, 0.25) is 0 Å². The van der Waals surface area contributed by atoms with Crippen LogP contribution in [-0.2, 0) is 0 Å². The Hall–Kier alpha value is -1.42. The monoisotopic (exact) mass is 222 g/mol. The van der Waals surface area contributed by atoms with E-state index >= 15 is 0 Å². The van der Waals surface area contributed by atoms with Gasteiger partial charge >= 0.3 is 0 Å². The van der Waals surface area contributed by atoms with Crippen molar-refractivity contribution in [2.24, 2.45) is 5.92 Å². The van der Waals surface area contributed by atoms with Crippen LogP contribution in [0.5, 0.6) is 0 Å². The number of hydrogen-bond acceptors (Lipinski definition) is 2. The zero-order valence-electron chi connectivity index (χ0n) is 9.00. The Morgan fingerprint density at radius 2 is 2.19 bits per heavy atom. The molecular formula is C12H15FN2O. The van der Waals surface area contributed by atoms with Crippen molar-refractivity contribution < 1.29 is 9.18 Å². The van der Waals surface area contributed by atoms with E-state index in [1.54, 1.807) is 0 Å². The van der Waals surface area contributed by atoms with Gasteiger partial charge in [0.1, 0.15) is 5.82 Å². The van der Waals surface area contributed by atoms with E-state index in [-0.39, 0.29) is 11.7 Å². The molecule has 0 saturated carbocycles. The summed E-state index contributed by atoms with van der Waals surface area (Å²) in [6.45, 7) is 2.67. The lowest BCUT2D eigenvalue weighted by atomic mass is 10.1. The number of carbonyl (C=O) groups excluding carboxylic acids is 1. The molecular weight excluding hydrogens is 207 g/mol. The Labute approximate surface area is 94.0 Å². The molecule has 0 spiro atoms. The summed E-state index contributed by atoms with van der Waals surface area (Å²) in [4.78, 5) is 11.7. The van der Waals surface area contributed by atoms with Gasteiger partial charge in [0.05, 0.1) is 0 Å². The average molecular weight is 222 g/mol. The van der Waals surface area contributed by atoms with Crippen LogP contribution in [0.1, 0.15) is 16.8 Å². The first-order valence-electron chi connectivity index (χ1n) is 5.50. The SMILES string of the molecule is O=C(NCC1CCNC1)c1ccc(F)cc1. The molecule has 1 heterocycles. The molecule has 1 aromatic rings. The molecule has 1 atom stereocenters. The van der Waals surface area contributed by atoms with Crippen molar-refractivity contribution >= 4 is 5.91 Å². The van der Waals surface area contributed by atoms with Crippen LogP contribution in [0.3, 0.4) is 0 Å². The lowest BCUT2D eigenvalue weighted by Gasteiger charge is -2.09. The minimum atomic E-state index is -0.323. The van der Waals surface area contributed by atoms with Crippen molar-refractivity contribution in [3.8, 4) is 0 Å². The van der Waals surface area contributed by atoms with Gasteiger partial charge in [-0.25, -0.2) is 4.39 Å². The quantitative estimate of drug-likeness (QED) is 0.806. The second kappa shape index (κ2) is 5.07. The van der Waals surface area contributed by atoms with E-state index in [4.69, 9.17) is 0 Å². The average Bonchev–Trinajstić information content (AvgIpc) is 2.80. The van der Waals surface area contributed by atoms with Crippen molar-refractivity contribution in [3.63, 3.8) is 0 Å². The maximum absolute atomic E-state index is 12.6. The van der Waals surface area contributed by atoms with E-state index in [2.05, 4.69) is 10.6 Å². The maximum Gasteiger partial charge on any atom is 0.251 e. The summed E-state index contributed by atoms with van der Waals surface area (Å²) in [6, 6.07) is 5.59. The standard InChI is InChI=1S/C12H15FN2O/c13-11-3-1-10(2-4-11)12(16)15-8-9-5-6-14-7-9/h1-4,9,14H,5-8H2,(H,15,16). The zero-order valence-corrected chi connectivity index (χ0v) is 9.00. The van der Waals surface area contributed by atoms with Gasteiger partial charge in [0.15, 0.2) is 0 Å². The van der Waals surface area contributed by atoms with Crippen LogP contribution in [0.2, 0.25) is 0 Å². The van der Waals surface area contributed by atoms with Crippen LogP contribution < -0.4 is 10.6 Å². The number of halogens is 1. The van der Waals surface area contributed by atoms with Crippen molar-refractivity contribution in [2.45, 2.75) is 6.42 Å². The Morgan fingerprint density at radius 1 is 1.44 bits per heavy atom. The predicted molar refractivity (Wildman–Crippen MR) is 59.7 cm³/mol. The third-order valence-electron chi connectivity index (χ3n) is 2.82. The highest BCUT2D eigenvalue weighted by Gasteiger charge is 2.15. The molecule has 1 saturated heterocycles. The molecule has 0 aliphatic carbocycles. The normalized spacial score (nSPS) is 19.7.